The van der Waals surface area contributed by atoms with Crippen LogP contribution >= 0.6 is 0 Å². The van der Waals surface area contributed by atoms with Crippen molar-refractivity contribution in [2.45, 2.75) is 64.9 Å². The molecule has 0 N–H and O–H groups in total. The molecule has 2 aromatic carbocycles. The van der Waals surface area contributed by atoms with Crippen molar-refractivity contribution in [2.24, 2.45) is 0 Å². The summed E-state index contributed by atoms with van der Waals surface area (Å²) in [6, 6.07) is 18.4. The Morgan fingerprint density at radius 1 is 0.971 bits per heavy atom. The van der Waals surface area contributed by atoms with Crippen molar-refractivity contribution in [3.63, 3.8) is 0 Å². The number of nitriles is 1. The lowest BCUT2D eigenvalue weighted by atomic mass is 9.86. The summed E-state index contributed by atoms with van der Waals surface area (Å²) in [5, 5.41) is 9.94. The van der Waals surface area contributed by atoms with Gasteiger partial charge >= 0.3 is 0 Å². The van der Waals surface area contributed by atoms with E-state index in [9.17, 15) is 5.26 Å². The van der Waals surface area contributed by atoms with E-state index >= 15 is 0 Å². The zero-order valence-electron chi connectivity index (χ0n) is 21.0. The summed E-state index contributed by atoms with van der Waals surface area (Å²) in [6.45, 7) is 4.74. The summed E-state index contributed by atoms with van der Waals surface area (Å²) in [5.41, 5.74) is 6.88. The third-order valence-electron chi connectivity index (χ3n) is 6.87. The van der Waals surface area contributed by atoms with E-state index < -0.39 is 0 Å². The second-order valence-corrected chi connectivity index (χ2v) is 9.30. The Kier molecular flexibility index (Phi) is 8.39. The minimum absolute atomic E-state index is 0.217. The van der Waals surface area contributed by atoms with Crippen LogP contribution in [0.1, 0.15) is 77.2 Å². The third-order valence-corrected chi connectivity index (χ3v) is 6.87. The van der Waals surface area contributed by atoms with E-state index in [0.717, 1.165) is 52.2 Å². The van der Waals surface area contributed by atoms with Gasteiger partial charge in [-0.15, -0.1) is 0 Å². The summed E-state index contributed by atoms with van der Waals surface area (Å²) >= 11 is 0. The largest absolute Gasteiger partial charge is 0.488 e. The van der Waals surface area contributed by atoms with E-state index in [4.69, 9.17) is 19.2 Å². The number of hydrogen-bond donors (Lipinski definition) is 0. The van der Waals surface area contributed by atoms with Crippen LogP contribution in [0.5, 0.6) is 11.5 Å². The molecular weight excluding hydrogens is 436 g/mol. The Bertz CT molecular complexity index is 1180. The predicted octanol–water partition coefficient (Wildman–Crippen LogP) is 6.77. The van der Waals surface area contributed by atoms with Crippen LogP contribution in [-0.4, -0.2) is 18.9 Å². The van der Waals surface area contributed by atoms with Crippen LogP contribution in [0.2, 0.25) is 0 Å². The van der Waals surface area contributed by atoms with E-state index in [0.29, 0.717) is 30.3 Å². The predicted molar refractivity (Wildman–Crippen MR) is 137 cm³/mol. The topological polar surface area (TPSA) is 64.4 Å². The lowest BCUT2D eigenvalue weighted by Crippen LogP contribution is -2.12. The number of ether oxygens (including phenoxy) is 3. The van der Waals surface area contributed by atoms with Crippen LogP contribution in [0, 0.1) is 25.2 Å². The summed E-state index contributed by atoms with van der Waals surface area (Å²) in [4.78, 5) is 5.09. The molecule has 1 aromatic heterocycles. The zero-order chi connectivity index (χ0) is 24.6. The smallest absolute Gasteiger partial charge is 0.188 e. The highest BCUT2D eigenvalue weighted by Crippen LogP contribution is 2.37. The second kappa shape index (κ2) is 11.9. The van der Waals surface area contributed by atoms with Gasteiger partial charge in [-0.25, -0.2) is 0 Å². The first-order chi connectivity index (χ1) is 17.1. The summed E-state index contributed by atoms with van der Waals surface area (Å²) < 4.78 is 17.1. The fourth-order valence-electron chi connectivity index (χ4n) is 4.94. The Balaban J connectivity index is 1.61. The molecule has 0 atom stereocenters. The molecule has 1 fully saturated rings. The van der Waals surface area contributed by atoms with Gasteiger partial charge in [-0.1, -0.05) is 49.6 Å². The zero-order valence-corrected chi connectivity index (χ0v) is 21.0. The number of methoxy groups -OCH3 is 1. The first-order valence-corrected chi connectivity index (χ1v) is 12.4. The second-order valence-electron chi connectivity index (χ2n) is 9.30. The summed E-state index contributed by atoms with van der Waals surface area (Å²) in [7, 11) is 1.63. The molecule has 0 radical (unpaired) electrons. The molecule has 5 nitrogen and oxygen atoms in total. The van der Waals surface area contributed by atoms with Crippen molar-refractivity contribution in [1.82, 2.24) is 4.98 Å². The van der Waals surface area contributed by atoms with E-state index in [-0.39, 0.29) is 6.79 Å². The molecule has 0 amide bonds. The van der Waals surface area contributed by atoms with Crippen molar-refractivity contribution >= 4 is 0 Å². The SMILES string of the molecule is COCOc1ccc(Cc2c(C)cc(OCc3ccccc3)c(C#N)c2C)nc1C1CCCCC1. The molecule has 0 spiro atoms. The van der Waals surface area contributed by atoms with Crippen molar-refractivity contribution in [3.05, 3.63) is 87.7 Å². The number of benzene rings is 2. The van der Waals surface area contributed by atoms with Crippen molar-refractivity contribution in [2.75, 3.05) is 13.9 Å². The quantitative estimate of drug-likeness (QED) is 0.323. The van der Waals surface area contributed by atoms with Gasteiger partial charge in [0.1, 0.15) is 24.2 Å². The molecule has 35 heavy (non-hydrogen) atoms. The summed E-state index contributed by atoms with van der Waals surface area (Å²) in [6.07, 6.45) is 6.70. The van der Waals surface area contributed by atoms with E-state index in [1.165, 1.54) is 19.3 Å². The lowest BCUT2D eigenvalue weighted by Gasteiger charge is -2.24. The Morgan fingerprint density at radius 3 is 2.46 bits per heavy atom. The van der Waals surface area contributed by atoms with Crippen molar-refractivity contribution in [3.8, 4) is 17.6 Å². The monoisotopic (exact) mass is 470 g/mol. The average molecular weight is 471 g/mol. The van der Waals surface area contributed by atoms with E-state index in [1.54, 1.807) is 7.11 Å². The van der Waals surface area contributed by atoms with Gasteiger partial charge in [0, 0.05) is 25.1 Å². The molecular formula is C30H34N2O3. The maximum atomic E-state index is 9.94. The van der Waals surface area contributed by atoms with Gasteiger partial charge in [0.25, 0.3) is 0 Å². The number of rotatable bonds is 9. The Hall–Kier alpha value is -3.36. The van der Waals surface area contributed by atoms with Gasteiger partial charge < -0.3 is 14.2 Å². The first kappa shape index (κ1) is 24.8. The van der Waals surface area contributed by atoms with Crippen LogP contribution in [0.3, 0.4) is 0 Å². The molecule has 1 aliphatic carbocycles. The van der Waals surface area contributed by atoms with Crippen LogP contribution in [0.4, 0.5) is 0 Å². The average Bonchev–Trinajstić information content (AvgIpc) is 2.90. The van der Waals surface area contributed by atoms with Crippen LogP contribution in [-0.2, 0) is 17.8 Å². The highest BCUT2D eigenvalue weighted by atomic mass is 16.7. The van der Waals surface area contributed by atoms with Crippen LogP contribution in [0.15, 0.2) is 48.5 Å². The molecule has 182 valence electrons. The first-order valence-electron chi connectivity index (χ1n) is 12.4. The van der Waals surface area contributed by atoms with Gasteiger partial charge in [-0.05, 0) is 67.1 Å². The fourth-order valence-corrected chi connectivity index (χ4v) is 4.94. The molecule has 1 aliphatic rings. The molecule has 4 rings (SSSR count). The standard InChI is InChI=1S/C30H34N2O3/c1-21-16-29(34-19-23-10-6-4-7-11-23)27(18-31)22(2)26(21)17-25-14-15-28(35-20-33-3)30(32-25)24-12-8-5-9-13-24/h4,6-7,10-11,14-16,24H,5,8-9,12-13,17,19-20H2,1-3H3. The molecule has 0 saturated heterocycles. The summed E-state index contributed by atoms with van der Waals surface area (Å²) in [5.74, 6) is 1.87. The molecule has 0 bridgehead atoms. The minimum atomic E-state index is 0.217. The van der Waals surface area contributed by atoms with Gasteiger partial charge in [0.15, 0.2) is 6.79 Å². The van der Waals surface area contributed by atoms with Gasteiger partial charge in [-0.3, -0.25) is 4.98 Å². The fraction of sp³-hybridized carbons (Fsp3) is 0.400. The molecule has 0 aliphatic heterocycles. The normalized spacial score (nSPS) is 13.9. The number of aryl methyl sites for hydroxylation is 1. The van der Waals surface area contributed by atoms with Crippen LogP contribution in [0.25, 0.3) is 0 Å². The number of nitrogens with zero attached hydrogens (tertiary/aromatic N) is 2. The van der Waals surface area contributed by atoms with Crippen molar-refractivity contribution < 1.29 is 14.2 Å². The molecule has 1 heterocycles. The maximum Gasteiger partial charge on any atom is 0.188 e. The van der Waals surface area contributed by atoms with Crippen molar-refractivity contribution in [1.29, 1.82) is 5.26 Å². The van der Waals surface area contributed by atoms with Gasteiger partial charge in [0.05, 0.1) is 11.3 Å². The number of aromatic nitrogens is 1. The third kappa shape index (κ3) is 6.01. The number of pyridine rings is 1. The Labute approximate surface area is 208 Å². The van der Waals surface area contributed by atoms with Crippen LogP contribution < -0.4 is 9.47 Å². The molecule has 1 saturated carbocycles. The highest BCUT2D eigenvalue weighted by molar-refractivity contribution is 5.55. The molecule has 0 unspecified atom stereocenters. The minimum Gasteiger partial charge on any atom is -0.488 e. The number of hydrogen-bond acceptors (Lipinski definition) is 5. The molecule has 5 heteroatoms. The highest BCUT2D eigenvalue weighted by Gasteiger charge is 2.22. The van der Waals surface area contributed by atoms with Gasteiger partial charge in [-0.2, -0.15) is 5.26 Å². The van der Waals surface area contributed by atoms with Gasteiger partial charge in [0.2, 0.25) is 0 Å². The maximum absolute atomic E-state index is 9.94. The molecule has 3 aromatic rings. The van der Waals surface area contributed by atoms with E-state index in [2.05, 4.69) is 13.0 Å². The Morgan fingerprint density at radius 2 is 1.74 bits per heavy atom. The lowest BCUT2D eigenvalue weighted by molar-refractivity contribution is 0.0496. The van der Waals surface area contributed by atoms with E-state index in [1.807, 2.05) is 55.5 Å².